The van der Waals surface area contributed by atoms with Crippen LogP contribution in [0.15, 0.2) is 109 Å². The smallest absolute Gasteiger partial charge is 0.148 e. The number of hydrogen-bond donors (Lipinski definition) is 3. The van der Waals surface area contributed by atoms with E-state index in [0.717, 1.165) is 50.0 Å². The fourth-order valence-electron chi connectivity index (χ4n) is 4.55. The van der Waals surface area contributed by atoms with Crippen LogP contribution in [0.2, 0.25) is 0 Å². The first kappa shape index (κ1) is 26.1. The summed E-state index contributed by atoms with van der Waals surface area (Å²) in [5.41, 5.74) is 6.36. The molecule has 2 aromatic carbocycles. The fraction of sp³-hybridized carbons (Fsp3) is 0.172. The number of sulfone groups is 1. The van der Waals surface area contributed by atoms with E-state index in [4.69, 9.17) is 0 Å². The van der Waals surface area contributed by atoms with Crippen LogP contribution in [0.25, 0.3) is 10.9 Å². The second-order valence-corrected chi connectivity index (χ2v) is 13.0. The Hall–Kier alpha value is -4.19. The average Bonchev–Trinajstić information content (AvgIpc) is 3.58. The van der Waals surface area contributed by atoms with Gasteiger partial charge in [0.05, 0.1) is 35.9 Å². The maximum Gasteiger partial charge on any atom is 0.148 e. The molecule has 9 nitrogen and oxygen atoms in total. The predicted octanol–water partition coefficient (Wildman–Crippen LogP) is 4.33. The lowest BCUT2D eigenvalue weighted by Crippen LogP contribution is -2.21. The van der Waals surface area contributed by atoms with Crippen molar-refractivity contribution < 1.29 is 8.42 Å². The molecular formula is C29H29N7O2S2. The van der Waals surface area contributed by atoms with Gasteiger partial charge in [0.1, 0.15) is 19.8 Å². The van der Waals surface area contributed by atoms with E-state index >= 15 is 0 Å². The molecular weight excluding hydrogens is 543 g/mol. The summed E-state index contributed by atoms with van der Waals surface area (Å²) in [4.78, 5) is 6.57. The number of aromatic nitrogens is 3. The van der Waals surface area contributed by atoms with Crippen molar-refractivity contribution in [3.05, 3.63) is 119 Å². The van der Waals surface area contributed by atoms with Gasteiger partial charge in [-0.15, -0.1) is 0 Å². The molecule has 0 aliphatic carbocycles. The molecule has 2 aliphatic heterocycles. The molecule has 0 fully saturated rings. The number of nitrogens with zero attached hydrogens (tertiary/aromatic N) is 4. The van der Waals surface area contributed by atoms with Gasteiger partial charge >= 0.3 is 0 Å². The minimum absolute atomic E-state index is 0.112. The molecule has 0 spiro atoms. The van der Waals surface area contributed by atoms with Crippen LogP contribution in [0.5, 0.6) is 0 Å². The lowest BCUT2D eigenvalue weighted by atomic mass is 10.0. The van der Waals surface area contributed by atoms with E-state index in [1.165, 1.54) is 11.8 Å². The average molecular weight is 572 g/mol. The first-order valence-electron chi connectivity index (χ1n) is 12.9. The summed E-state index contributed by atoms with van der Waals surface area (Å²) < 4.78 is 24.7. The quantitative estimate of drug-likeness (QED) is 0.242. The Labute approximate surface area is 237 Å². The molecule has 204 valence electrons. The van der Waals surface area contributed by atoms with Gasteiger partial charge in [0, 0.05) is 66.4 Å². The van der Waals surface area contributed by atoms with Crippen molar-refractivity contribution in [3.63, 3.8) is 0 Å². The summed E-state index contributed by atoms with van der Waals surface area (Å²) in [5.74, 6) is 0.112. The molecule has 0 saturated carbocycles. The Balaban J connectivity index is 1.15. The number of rotatable bonds is 10. The summed E-state index contributed by atoms with van der Waals surface area (Å²) in [6, 6.07) is 16.6. The van der Waals surface area contributed by atoms with Gasteiger partial charge in [-0.05, 0) is 29.8 Å². The zero-order valence-electron chi connectivity index (χ0n) is 21.9. The molecule has 0 radical (unpaired) electrons. The molecule has 4 aromatic rings. The molecule has 2 aromatic heterocycles. The zero-order valence-corrected chi connectivity index (χ0v) is 23.5. The van der Waals surface area contributed by atoms with Gasteiger partial charge in [0.15, 0.2) is 0 Å². The van der Waals surface area contributed by atoms with Crippen molar-refractivity contribution in [2.24, 2.45) is 0 Å². The van der Waals surface area contributed by atoms with Gasteiger partial charge in [-0.3, -0.25) is 4.68 Å². The van der Waals surface area contributed by atoms with Gasteiger partial charge < -0.3 is 20.9 Å². The van der Waals surface area contributed by atoms with Crippen LogP contribution >= 0.6 is 11.3 Å². The van der Waals surface area contributed by atoms with E-state index < -0.39 is 9.84 Å². The number of anilines is 2. The van der Waals surface area contributed by atoms with Crippen molar-refractivity contribution >= 4 is 42.8 Å². The topological polar surface area (TPSA) is 104 Å². The Morgan fingerprint density at radius 1 is 1.07 bits per heavy atom. The van der Waals surface area contributed by atoms with Crippen LogP contribution < -0.4 is 20.9 Å². The van der Waals surface area contributed by atoms with Crippen LogP contribution in [-0.2, 0) is 22.9 Å². The summed E-state index contributed by atoms with van der Waals surface area (Å²) in [7, 11) is -2.98. The number of benzene rings is 2. The summed E-state index contributed by atoms with van der Waals surface area (Å²) in [5, 5.41) is 17.5. The molecule has 3 N–H and O–H groups in total. The highest BCUT2D eigenvalue weighted by molar-refractivity contribution is 7.90. The van der Waals surface area contributed by atoms with Crippen molar-refractivity contribution in [1.82, 2.24) is 25.4 Å². The highest BCUT2D eigenvalue weighted by atomic mass is 32.2. The van der Waals surface area contributed by atoms with E-state index in [2.05, 4.69) is 73.5 Å². The van der Waals surface area contributed by atoms with Gasteiger partial charge in [0.2, 0.25) is 0 Å². The summed E-state index contributed by atoms with van der Waals surface area (Å²) in [6.45, 7) is 1.66. The number of fused-ring (bicyclic) bond motifs is 2. The molecule has 0 atom stereocenters. The number of nitrogens with one attached hydrogen (secondary N) is 3. The van der Waals surface area contributed by atoms with Gasteiger partial charge in [-0.2, -0.15) is 5.10 Å². The van der Waals surface area contributed by atoms with Crippen LogP contribution in [0.1, 0.15) is 10.6 Å². The molecule has 0 unspecified atom stereocenters. The molecule has 40 heavy (non-hydrogen) atoms. The number of hydrogen-bond acceptors (Lipinski definition) is 9. The lowest BCUT2D eigenvalue weighted by molar-refractivity contribution is 0.596. The van der Waals surface area contributed by atoms with Crippen molar-refractivity contribution in [1.29, 1.82) is 0 Å². The second kappa shape index (κ2) is 11.1. The second-order valence-electron chi connectivity index (χ2n) is 9.68. The van der Waals surface area contributed by atoms with Gasteiger partial charge in [-0.25, -0.2) is 13.4 Å². The van der Waals surface area contributed by atoms with Crippen LogP contribution in [0.4, 0.5) is 10.7 Å². The van der Waals surface area contributed by atoms with E-state index in [1.807, 2.05) is 53.9 Å². The standard InChI is InChI=1S/C29H29N7O2S2/c1-40(37,38)12-10-30-17-28-32-18-29(39-28)35-11-9-22-14-31-16-26(25(22)20-35)34-24-7-8-27-23(13-24)15-33-36(27)19-21-5-3-2-4-6-21/h2-9,11,13-16,18,20,30-31,34H,10,12,17,19H2,1H3. The summed E-state index contributed by atoms with van der Waals surface area (Å²) in [6.07, 6.45) is 15.1. The highest BCUT2D eigenvalue weighted by Crippen LogP contribution is 2.33. The Morgan fingerprint density at radius 3 is 2.80 bits per heavy atom. The molecule has 2 aliphatic rings. The SMILES string of the molecule is CS(=O)(=O)CCNCc1ncc(N2C=CC3=CNC=C(Nc4ccc5c(cnn5Cc5ccccc5)c4)C3=C2)s1. The number of allylic oxidation sites excluding steroid dienone is 2. The molecule has 0 bridgehead atoms. The first-order chi connectivity index (χ1) is 19.4. The maximum atomic E-state index is 11.3. The Kier molecular flexibility index (Phi) is 7.25. The van der Waals surface area contributed by atoms with Crippen molar-refractivity contribution in [2.45, 2.75) is 13.1 Å². The molecule has 11 heteroatoms. The number of dihydropyridines is 1. The van der Waals surface area contributed by atoms with Crippen LogP contribution in [0.3, 0.4) is 0 Å². The third kappa shape index (κ3) is 6.01. The first-order valence-corrected chi connectivity index (χ1v) is 15.7. The zero-order chi connectivity index (χ0) is 27.5. The minimum atomic E-state index is -2.98. The molecule has 0 amide bonds. The molecule has 6 rings (SSSR count). The minimum Gasteiger partial charge on any atom is -0.365 e. The predicted molar refractivity (Wildman–Crippen MR) is 161 cm³/mol. The number of thiazole rings is 1. The van der Waals surface area contributed by atoms with Gasteiger partial charge in [-0.1, -0.05) is 41.7 Å². The normalized spacial score (nSPS) is 14.8. The molecule has 0 saturated heterocycles. The van der Waals surface area contributed by atoms with Crippen LogP contribution in [-0.4, -0.2) is 41.7 Å². The summed E-state index contributed by atoms with van der Waals surface area (Å²) >= 11 is 1.57. The van der Waals surface area contributed by atoms with E-state index in [0.29, 0.717) is 13.1 Å². The largest absolute Gasteiger partial charge is 0.365 e. The Bertz CT molecular complexity index is 1770. The van der Waals surface area contributed by atoms with E-state index in [-0.39, 0.29) is 5.75 Å². The third-order valence-electron chi connectivity index (χ3n) is 6.57. The highest BCUT2D eigenvalue weighted by Gasteiger charge is 2.20. The van der Waals surface area contributed by atoms with Crippen molar-refractivity contribution in [3.8, 4) is 0 Å². The van der Waals surface area contributed by atoms with Crippen molar-refractivity contribution in [2.75, 3.05) is 28.8 Å². The molecule has 4 heterocycles. The van der Waals surface area contributed by atoms with Gasteiger partial charge in [0.25, 0.3) is 0 Å². The van der Waals surface area contributed by atoms with E-state index in [9.17, 15) is 8.42 Å². The third-order valence-corrected chi connectivity index (χ3v) is 8.52. The fourth-order valence-corrected chi connectivity index (χ4v) is 5.91. The monoisotopic (exact) mass is 571 g/mol. The lowest BCUT2D eigenvalue weighted by Gasteiger charge is -2.26. The van der Waals surface area contributed by atoms with E-state index in [1.54, 1.807) is 11.3 Å². The Morgan fingerprint density at radius 2 is 1.95 bits per heavy atom. The van der Waals surface area contributed by atoms with Crippen LogP contribution in [0, 0.1) is 0 Å². The maximum absolute atomic E-state index is 11.3.